The number of fused-ring (bicyclic) bond motifs is 1. The van der Waals surface area contributed by atoms with E-state index in [9.17, 15) is 5.11 Å². The van der Waals surface area contributed by atoms with Crippen molar-refractivity contribution in [3.05, 3.63) is 17.5 Å². The molecule has 0 fully saturated rings. The highest BCUT2D eigenvalue weighted by atomic mass is 16.3. The van der Waals surface area contributed by atoms with Crippen LogP contribution in [0.3, 0.4) is 0 Å². The second-order valence-corrected chi connectivity index (χ2v) is 2.71. The third kappa shape index (κ3) is 0.743. The largest absolute Gasteiger partial charge is 0.388 e. The Morgan fingerprint density at radius 1 is 1.70 bits per heavy atom. The summed E-state index contributed by atoms with van der Waals surface area (Å²) in [6.07, 6.45) is 4.43. The van der Waals surface area contributed by atoms with Crippen LogP contribution < -0.4 is 0 Å². The number of hydrogen-bond donors (Lipinski definition) is 2. The lowest BCUT2D eigenvalue weighted by Gasteiger charge is -2.15. The zero-order chi connectivity index (χ0) is 6.97. The topological polar surface area (TPSA) is 48.9 Å². The van der Waals surface area contributed by atoms with E-state index in [1.54, 1.807) is 6.20 Å². The predicted molar refractivity (Wildman–Crippen MR) is 36.5 cm³/mol. The molecule has 1 aromatic rings. The van der Waals surface area contributed by atoms with Gasteiger partial charge in [-0.25, -0.2) is 0 Å². The quantitative estimate of drug-likeness (QED) is 0.556. The van der Waals surface area contributed by atoms with Gasteiger partial charge >= 0.3 is 0 Å². The highest BCUT2D eigenvalue weighted by Gasteiger charge is 2.18. The second-order valence-electron chi connectivity index (χ2n) is 2.71. The average Bonchev–Trinajstić information content (AvgIpc) is 2.36. The third-order valence-corrected chi connectivity index (χ3v) is 2.01. The maximum absolute atomic E-state index is 9.39. The first kappa shape index (κ1) is 5.92. The minimum absolute atomic E-state index is 0.275. The Morgan fingerprint density at radius 2 is 2.60 bits per heavy atom. The van der Waals surface area contributed by atoms with Gasteiger partial charge < -0.3 is 5.11 Å². The van der Waals surface area contributed by atoms with Gasteiger partial charge in [-0.1, -0.05) is 0 Å². The molecule has 1 aliphatic rings. The number of aliphatic hydroxyl groups excluding tert-OH is 1. The summed E-state index contributed by atoms with van der Waals surface area (Å²) >= 11 is 0. The van der Waals surface area contributed by atoms with Crippen molar-refractivity contribution < 1.29 is 5.11 Å². The van der Waals surface area contributed by atoms with Crippen LogP contribution in [-0.4, -0.2) is 15.3 Å². The minimum Gasteiger partial charge on any atom is -0.388 e. The van der Waals surface area contributed by atoms with Gasteiger partial charge in [0.25, 0.3) is 0 Å². The summed E-state index contributed by atoms with van der Waals surface area (Å²) in [4.78, 5) is 0. The first-order valence-electron chi connectivity index (χ1n) is 3.58. The van der Waals surface area contributed by atoms with Crippen LogP contribution in [0.5, 0.6) is 0 Å². The smallest absolute Gasteiger partial charge is 0.0823 e. The Bertz CT molecular complexity index is 231. The van der Waals surface area contributed by atoms with Gasteiger partial charge in [0, 0.05) is 11.3 Å². The van der Waals surface area contributed by atoms with Gasteiger partial charge in [-0.15, -0.1) is 0 Å². The van der Waals surface area contributed by atoms with Crippen LogP contribution in [0.2, 0.25) is 0 Å². The number of aromatic amines is 1. The molecule has 0 unspecified atom stereocenters. The number of H-pyrrole nitrogens is 1. The van der Waals surface area contributed by atoms with Gasteiger partial charge in [0.15, 0.2) is 0 Å². The normalized spacial score (nSPS) is 24.3. The Balaban J connectivity index is 2.41. The highest BCUT2D eigenvalue weighted by molar-refractivity contribution is 5.21. The molecule has 0 bridgehead atoms. The Labute approximate surface area is 59.1 Å². The van der Waals surface area contributed by atoms with Gasteiger partial charge in [-0.05, 0) is 19.3 Å². The summed E-state index contributed by atoms with van der Waals surface area (Å²) in [6, 6.07) is 0. The van der Waals surface area contributed by atoms with E-state index in [1.807, 2.05) is 0 Å². The van der Waals surface area contributed by atoms with E-state index in [-0.39, 0.29) is 6.10 Å². The molecule has 10 heavy (non-hydrogen) atoms. The number of aryl methyl sites for hydroxylation is 1. The lowest BCUT2D eigenvalue weighted by molar-refractivity contribution is 0.156. The number of nitrogens with zero attached hydrogens (tertiary/aromatic N) is 1. The molecule has 2 N–H and O–H groups in total. The van der Waals surface area contributed by atoms with Crippen LogP contribution in [0, 0.1) is 0 Å². The second kappa shape index (κ2) is 2.09. The van der Waals surface area contributed by atoms with Crippen molar-refractivity contribution in [2.24, 2.45) is 0 Å². The Morgan fingerprint density at radius 3 is 3.40 bits per heavy atom. The van der Waals surface area contributed by atoms with Crippen molar-refractivity contribution in [2.45, 2.75) is 25.4 Å². The summed E-state index contributed by atoms with van der Waals surface area (Å²) in [6.45, 7) is 0. The number of nitrogens with one attached hydrogen (secondary N) is 1. The number of aromatic nitrogens is 2. The van der Waals surface area contributed by atoms with Crippen LogP contribution in [0.25, 0.3) is 0 Å². The van der Waals surface area contributed by atoms with E-state index in [2.05, 4.69) is 10.2 Å². The molecule has 0 radical (unpaired) electrons. The monoisotopic (exact) mass is 138 g/mol. The average molecular weight is 138 g/mol. The molecule has 0 saturated heterocycles. The molecule has 1 atom stereocenters. The van der Waals surface area contributed by atoms with Crippen LogP contribution in [0.4, 0.5) is 0 Å². The summed E-state index contributed by atoms with van der Waals surface area (Å²) in [5.41, 5.74) is 2.10. The molecule has 3 nitrogen and oxygen atoms in total. The molecular weight excluding hydrogens is 128 g/mol. The summed E-state index contributed by atoms with van der Waals surface area (Å²) in [7, 11) is 0. The van der Waals surface area contributed by atoms with Crippen molar-refractivity contribution in [3.8, 4) is 0 Å². The molecule has 1 aliphatic carbocycles. The van der Waals surface area contributed by atoms with E-state index < -0.39 is 0 Å². The standard InChI is InChI=1S/C7H10N2O/c10-7-3-1-2-6-5(7)4-8-9-6/h4,7,10H,1-3H2,(H,8,9)/t7-/m0/s1. The predicted octanol–water partition coefficient (Wildman–Crippen LogP) is 0.779. The van der Waals surface area contributed by atoms with E-state index in [4.69, 9.17) is 0 Å². The summed E-state index contributed by atoms with van der Waals surface area (Å²) in [5.74, 6) is 0. The first-order chi connectivity index (χ1) is 4.88. The summed E-state index contributed by atoms with van der Waals surface area (Å²) < 4.78 is 0. The molecule has 54 valence electrons. The molecule has 0 spiro atoms. The zero-order valence-electron chi connectivity index (χ0n) is 5.67. The fourth-order valence-corrected chi connectivity index (χ4v) is 1.44. The number of hydrogen-bond acceptors (Lipinski definition) is 2. The Kier molecular flexibility index (Phi) is 1.24. The SMILES string of the molecule is O[C@H]1CCCc2[nH]ncc21. The molecule has 0 amide bonds. The molecular formula is C7H10N2O. The summed E-state index contributed by atoms with van der Waals surface area (Å²) in [5, 5.41) is 16.1. The van der Waals surface area contributed by atoms with Crippen molar-refractivity contribution in [2.75, 3.05) is 0 Å². The molecule has 1 aromatic heterocycles. The van der Waals surface area contributed by atoms with Crippen molar-refractivity contribution in [3.63, 3.8) is 0 Å². The van der Waals surface area contributed by atoms with Crippen LogP contribution in [-0.2, 0) is 6.42 Å². The minimum atomic E-state index is -0.275. The molecule has 2 rings (SSSR count). The molecule has 0 aliphatic heterocycles. The van der Waals surface area contributed by atoms with Crippen molar-refractivity contribution >= 4 is 0 Å². The van der Waals surface area contributed by atoms with E-state index in [1.165, 1.54) is 0 Å². The van der Waals surface area contributed by atoms with E-state index >= 15 is 0 Å². The fraction of sp³-hybridized carbons (Fsp3) is 0.571. The van der Waals surface area contributed by atoms with E-state index in [0.29, 0.717) is 0 Å². The number of rotatable bonds is 0. The van der Waals surface area contributed by atoms with Gasteiger partial charge in [-0.2, -0.15) is 5.10 Å². The highest BCUT2D eigenvalue weighted by Crippen LogP contribution is 2.27. The lowest BCUT2D eigenvalue weighted by atomic mass is 9.96. The zero-order valence-corrected chi connectivity index (χ0v) is 5.67. The third-order valence-electron chi connectivity index (χ3n) is 2.01. The van der Waals surface area contributed by atoms with Crippen molar-refractivity contribution in [1.29, 1.82) is 0 Å². The van der Waals surface area contributed by atoms with Gasteiger partial charge in [0.05, 0.1) is 12.3 Å². The molecule has 0 saturated carbocycles. The van der Waals surface area contributed by atoms with Gasteiger partial charge in [-0.3, -0.25) is 5.10 Å². The fourth-order valence-electron chi connectivity index (χ4n) is 1.44. The van der Waals surface area contributed by atoms with Gasteiger partial charge in [0.1, 0.15) is 0 Å². The molecule has 0 aromatic carbocycles. The van der Waals surface area contributed by atoms with Crippen LogP contribution >= 0.6 is 0 Å². The van der Waals surface area contributed by atoms with Gasteiger partial charge in [0.2, 0.25) is 0 Å². The molecule has 3 heteroatoms. The van der Waals surface area contributed by atoms with Crippen molar-refractivity contribution in [1.82, 2.24) is 10.2 Å². The Hall–Kier alpha value is -0.830. The molecule has 1 heterocycles. The maximum Gasteiger partial charge on any atom is 0.0823 e. The van der Waals surface area contributed by atoms with E-state index in [0.717, 1.165) is 30.5 Å². The first-order valence-corrected chi connectivity index (χ1v) is 3.58. The van der Waals surface area contributed by atoms with Crippen LogP contribution in [0.1, 0.15) is 30.2 Å². The van der Waals surface area contributed by atoms with Crippen LogP contribution in [0.15, 0.2) is 6.20 Å². The lowest BCUT2D eigenvalue weighted by Crippen LogP contribution is -2.06. The maximum atomic E-state index is 9.39. The number of aliphatic hydroxyl groups is 1.